The summed E-state index contributed by atoms with van der Waals surface area (Å²) in [5, 5.41) is 13.3. The van der Waals surface area contributed by atoms with E-state index >= 15 is 0 Å². The molecule has 0 bridgehead atoms. The lowest BCUT2D eigenvalue weighted by atomic mass is 9.99. The summed E-state index contributed by atoms with van der Waals surface area (Å²) in [6.07, 6.45) is 0. The lowest BCUT2D eigenvalue weighted by Gasteiger charge is -2.27. The van der Waals surface area contributed by atoms with Crippen LogP contribution < -0.4 is 9.80 Å². The average Bonchev–Trinajstić information content (AvgIpc) is 3.96. The molecule has 3 nitrogen and oxygen atoms in total. The summed E-state index contributed by atoms with van der Waals surface area (Å²) in [7, 11) is 0. The van der Waals surface area contributed by atoms with Crippen molar-refractivity contribution in [3.05, 3.63) is 224 Å². The molecule has 0 amide bonds. The molecule has 0 fully saturated rings. The van der Waals surface area contributed by atoms with E-state index in [1.54, 1.807) is 11.3 Å². The van der Waals surface area contributed by atoms with Crippen LogP contribution in [0.3, 0.4) is 0 Å². The summed E-state index contributed by atoms with van der Waals surface area (Å²) in [5.41, 5.74) is 8.84. The lowest BCUT2D eigenvalue weighted by Crippen LogP contribution is -2.10. The largest absolute Gasteiger partial charge is 0.310 e. The maximum Gasteiger partial charge on any atom is 0.124 e. The summed E-state index contributed by atoms with van der Waals surface area (Å²) in [6, 6.07) is 82.0. The Morgan fingerprint density at radius 1 is 0.281 bits per heavy atom. The molecule has 13 aromatic rings. The Hall–Kier alpha value is -7.83. The zero-order chi connectivity index (χ0) is 42.1. The molecular weight excluding hydrogens is 815 g/mol. The topological polar surface area (TPSA) is 19.4 Å². The molecule has 0 saturated heterocycles. The predicted molar refractivity (Wildman–Crippen MR) is 277 cm³/mol. The van der Waals surface area contributed by atoms with Gasteiger partial charge >= 0.3 is 0 Å². The van der Waals surface area contributed by atoms with E-state index in [-0.39, 0.29) is 0 Å². The van der Waals surface area contributed by atoms with Crippen LogP contribution in [0.15, 0.2) is 224 Å². The Morgan fingerprint density at radius 3 is 1.41 bits per heavy atom. The van der Waals surface area contributed by atoms with Gasteiger partial charge in [-0.1, -0.05) is 133 Å². The number of benzene rings is 11. The van der Waals surface area contributed by atoms with Gasteiger partial charge in [-0.3, -0.25) is 0 Å². The van der Waals surface area contributed by atoms with Gasteiger partial charge in [-0.25, -0.2) is 4.98 Å². The highest BCUT2D eigenvalue weighted by Crippen LogP contribution is 2.44. The van der Waals surface area contributed by atoms with Gasteiger partial charge in [0.15, 0.2) is 0 Å². The smallest absolute Gasteiger partial charge is 0.124 e. The third-order valence-electron chi connectivity index (χ3n) is 12.6. The van der Waals surface area contributed by atoms with Crippen molar-refractivity contribution in [2.24, 2.45) is 0 Å². The first-order chi connectivity index (χ1) is 31.7. The van der Waals surface area contributed by atoms with Crippen LogP contribution in [0, 0.1) is 0 Å². The molecule has 0 unspecified atom stereocenters. The number of thiophene rings is 1. The predicted octanol–water partition coefficient (Wildman–Crippen LogP) is 17.9. The fraction of sp³-hybridized carbons (Fsp3) is 0. The molecule has 0 spiro atoms. The summed E-state index contributed by atoms with van der Waals surface area (Å²) in [5.74, 6) is 0. The van der Waals surface area contributed by atoms with Gasteiger partial charge in [0.05, 0.1) is 10.2 Å². The molecule has 0 N–H and O–H groups in total. The third kappa shape index (κ3) is 6.28. The second kappa shape index (κ2) is 14.9. The van der Waals surface area contributed by atoms with Crippen molar-refractivity contribution < 1.29 is 0 Å². The van der Waals surface area contributed by atoms with Gasteiger partial charge in [0.25, 0.3) is 0 Å². The van der Waals surface area contributed by atoms with Crippen molar-refractivity contribution in [2.75, 3.05) is 9.80 Å². The standard InChI is InChI=1S/C59H37N3S2/c1-2-12-40(13-3-1)59-60-55-30-26-50(37-58(55)64-59)62(46-23-21-39-11-5-7-15-42(39)33-46)48-25-29-52-44(35-48)19-18-43-34-47(24-28-51(43)52)61(45-22-20-38-10-4-6-14-41(38)32-45)49-27-31-57-54(36-49)53-16-8-9-17-56(53)63-57/h1-37H. The van der Waals surface area contributed by atoms with Gasteiger partial charge in [-0.05, 0) is 134 Å². The molecule has 64 heavy (non-hydrogen) atoms. The molecule has 0 aliphatic carbocycles. The third-order valence-corrected chi connectivity index (χ3v) is 14.8. The molecule has 13 rings (SSSR count). The monoisotopic (exact) mass is 851 g/mol. The van der Waals surface area contributed by atoms with Gasteiger partial charge in [0.1, 0.15) is 5.01 Å². The summed E-state index contributed by atoms with van der Waals surface area (Å²) in [4.78, 5) is 9.82. The van der Waals surface area contributed by atoms with Crippen molar-refractivity contribution >= 4 is 130 Å². The minimum Gasteiger partial charge on any atom is -0.310 e. The Bertz CT molecular complexity index is 3940. The van der Waals surface area contributed by atoms with Crippen molar-refractivity contribution in [2.45, 2.75) is 0 Å². The van der Waals surface area contributed by atoms with Crippen LogP contribution in [0.1, 0.15) is 0 Å². The maximum absolute atomic E-state index is 5.02. The highest BCUT2D eigenvalue weighted by molar-refractivity contribution is 7.25. The van der Waals surface area contributed by atoms with E-state index in [0.717, 1.165) is 54.9 Å². The summed E-state index contributed by atoms with van der Waals surface area (Å²) < 4.78 is 3.77. The van der Waals surface area contributed by atoms with Gasteiger partial charge < -0.3 is 9.80 Å². The first kappa shape index (κ1) is 36.8. The molecular formula is C59H37N3S2. The van der Waals surface area contributed by atoms with Crippen molar-refractivity contribution in [1.29, 1.82) is 0 Å². The normalized spacial score (nSPS) is 11.8. The van der Waals surface area contributed by atoms with E-state index in [4.69, 9.17) is 4.98 Å². The molecule has 2 aromatic heterocycles. The van der Waals surface area contributed by atoms with Crippen LogP contribution in [0.2, 0.25) is 0 Å². The van der Waals surface area contributed by atoms with Crippen molar-refractivity contribution in [3.8, 4) is 10.6 Å². The van der Waals surface area contributed by atoms with Crippen LogP contribution in [0.25, 0.3) is 84.0 Å². The van der Waals surface area contributed by atoms with E-state index in [1.807, 2.05) is 11.3 Å². The summed E-state index contributed by atoms with van der Waals surface area (Å²) >= 11 is 3.60. The number of thiazole rings is 1. The minimum absolute atomic E-state index is 1.01. The van der Waals surface area contributed by atoms with Gasteiger partial charge in [-0.15, -0.1) is 22.7 Å². The molecule has 0 saturated carbocycles. The molecule has 300 valence electrons. The van der Waals surface area contributed by atoms with Gasteiger partial charge in [-0.2, -0.15) is 0 Å². The Labute approximate surface area is 378 Å². The zero-order valence-electron chi connectivity index (χ0n) is 34.5. The highest BCUT2D eigenvalue weighted by atomic mass is 32.1. The second-order valence-corrected chi connectivity index (χ2v) is 18.5. The molecule has 2 heterocycles. The number of nitrogens with zero attached hydrogens (tertiary/aromatic N) is 3. The molecule has 0 atom stereocenters. The average molecular weight is 852 g/mol. The second-order valence-electron chi connectivity index (χ2n) is 16.4. The fourth-order valence-corrected chi connectivity index (χ4v) is 11.6. The van der Waals surface area contributed by atoms with E-state index in [9.17, 15) is 0 Å². The molecule has 0 radical (unpaired) electrons. The SMILES string of the molecule is c1ccc(-c2nc3ccc(N(c4ccc5ccccc5c4)c4ccc5c(ccc6cc(N(c7ccc8ccccc8c7)c7ccc8sc9ccccc9c8c7)ccc65)c4)cc3s2)cc1. The Morgan fingerprint density at radius 2 is 0.750 bits per heavy atom. The van der Waals surface area contributed by atoms with E-state index in [1.165, 1.54) is 63.3 Å². The Kier molecular flexibility index (Phi) is 8.58. The van der Waals surface area contributed by atoms with Crippen LogP contribution >= 0.6 is 22.7 Å². The molecule has 5 heteroatoms. The lowest BCUT2D eigenvalue weighted by molar-refractivity contribution is 1.30. The number of aromatic nitrogens is 1. The van der Waals surface area contributed by atoms with Crippen LogP contribution in [0.5, 0.6) is 0 Å². The summed E-state index contributed by atoms with van der Waals surface area (Å²) in [6.45, 7) is 0. The number of rotatable bonds is 7. The quantitative estimate of drug-likeness (QED) is 0.149. The van der Waals surface area contributed by atoms with Crippen molar-refractivity contribution in [3.63, 3.8) is 0 Å². The van der Waals surface area contributed by atoms with Crippen LogP contribution in [-0.4, -0.2) is 4.98 Å². The van der Waals surface area contributed by atoms with Gasteiger partial charge in [0, 0.05) is 59.9 Å². The zero-order valence-corrected chi connectivity index (χ0v) is 36.2. The van der Waals surface area contributed by atoms with Crippen molar-refractivity contribution in [1.82, 2.24) is 4.98 Å². The van der Waals surface area contributed by atoms with E-state index in [2.05, 4.69) is 234 Å². The Balaban J connectivity index is 0.932. The number of hydrogen-bond acceptors (Lipinski definition) is 5. The number of fused-ring (bicyclic) bond motifs is 9. The highest BCUT2D eigenvalue weighted by Gasteiger charge is 2.19. The molecule has 0 aliphatic heterocycles. The number of hydrogen-bond donors (Lipinski definition) is 0. The fourth-order valence-electron chi connectivity index (χ4n) is 9.46. The maximum atomic E-state index is 5.02. The first-order valence-corrected chi connectivity index (χ1v) is 23.2. The van der Waals surface area contributed by atoms with E-state index < -0.39 is 0 Å². The van der Waals surface area contributed by atoms with Crippen LogP contribution in [-0.2, 0) is 0 Å². The molecule has 0 aliphatic rings. The van der Waals surface area contributed by atoms with E-state index in [0.29, 0.717) is 0 Å². The van der Waals surface area contributed by atoms with Crippen LogP contribution in [0.4, 0.5) is 34.1 Å². The minimum atomic E-state index is 1.01. The number of anilines is 6. The first-order valence-electron chi connectivity index (χ1n) is 21.6. The van der Waals surface area contributed by atoms with Gasteiger partial charge in [0.2, 0.25) is 0 Å². The molecule has 11 aromatic carbocycles.